The molecule has 5 nitrogen and oxygen atoms in total. The van der Waals surface area contributed by atoms with Gasteiger partial charge in [0, 0.05) is 13.1 Å². The van der Waals surface area contributed by atoms with Crippen LogP contribution in [0.3, 0.4) is 0 Å². The molecular formula is C9H9F2N5S. The van der Waals surface area contributed by atoms with Crippen LogP contribution in [0.25, 0.3) is 0 Å². The van der Waals surface area contributed by atoms with Crippen molar-refractivity contribution in [2.75, 3.05) is 5.73 Å². The van der Waals surface area contributed by atoms with E-state index in [2.05, 4.69) is 15.2 Å². The second-order valence-corrected chi connectivity index (χ2v) is 4.29. The van der Waals surface area contributed by atoms with Gasteiger partial charge in [-0.1, -0.05) is 0 Å². The van der Waals surface area contributed by atoms with Gasteiger partial charge < -0.3 is 10.3 Å². The van der Waals surface area contributed by atoms with Gasteiger partial charge in [0.05, 0.1) is 0 Å². The van der Waals surface area contributed by atoms with Gasteiger partial charge in [-0.3, -0.25) is 0 Å². The molecule has 17 heavy (non-hydrogen) atoms. The molecule has 0 saturated heterocycles. The lowest BCUT2D eigenvalue weighted by atomic mass is 10.4. The summed E-state index contributed by atoms with van der Waals surface area (Å²) in [4.78, 5) is 3.63. The highest BCUT2D eigenvalue weighted by atomic mass is 32.2. The van der Waals surface area contributed by atoms with Crippen molar-refractivity contribution in [1.29, 1.82) is 0 Å². The van der Waals surface area contributed by atoms with Crippen LogP contribution >= 0.6 is 11.8 Å². The number of hydrogen-bond donors (Lipinski definition) is 1. The van der Waals surface area contributed by atoms with E-state index in [0.29, 0.717) is 17.0 Å². The Hall–Kier alpha value is -1.70. The third-order valence-electron chi connectivity index (χ3n) is 2.17. The van der Waals surface area contributed by atoms with Gasteiger partial charge in [-0.25, -0.2) is 13.8 Å². The summed E-state index contributed by atoms with van der Waals surface area (Å²) < 4.78 is 28.0. The molecule has 0 bridgehead atoms. The second-order valence-electron chi connectivity index (χ2n) is 3.33. The molecule has 0 aliphatic carbocycles. The Bertz CT molecular complexity index is 569. The maximum atomic E-state index is 13.4. The average Bonchev–Trinajstić information content (AvgIpc) is 2.58. The van der Waals surface area contributed by atoms with Crippen molar-refractivity contribution in [2.45, 2.75) is 17.1 Å². The number of nitrogens with two attached hydrogens (primary N) is 1. The third kappa shape index (κ3) is 2.21. The second kappa shape index (κ2) is 4.28. The molecule has 0 spiro atoms. The molecule has 2 heterocycles. The fourth-order valence-electron chi connectivity index (χ4n) is 1.10. The van der Waals surface area contributed by atoms with Crippen LogP contribution in [0.1, 0.15) is 5.82 Å². The fourth-order valence-corrected chi connectivity index (χ4v) is 1.92. The minimum absolute atomic E-state index is 0.0283. The molecule has 0 saturated carbocycles. The maximum Gasteiger partial charge on any atom is 0.197 e. The van der Waals surface area contributed by atoms with E-state index < -0.39 is 11.6 Å². The van der Waals surface area contributed by atoms with Gasteiger partial charge in [0.1, 0.15) is 10.9 Å². The van der Waals surface area contributed by atoms with Crippen molar-refractivity contribution in [2.24, 2.45) is 7.05 Å². The number of hydrogen-bond acceptors (Lipinski definition) is 5. The zero-order valence-corrected chi connectivity index (χ0v) is 9.92. The van der Waals surface area contributed by atoms with E-state index in [0.717, 1.165) is 11.8 Å². The molecule has 0 radical (unpaired) electrons. The molecule has 0 unspecified atom stereocenters. The van der Waals surface area contributed by atoms with Gasteiger partial charge in [-0.05, 0) is 18.7 Å². The molecule has 0 atom stereocenters. The van der Waals surface area contributed by atoms with Crippen LogP contribution in [0, 0.1) is 18.6 Å². The van der Waals surface area contributed by atoms with Crippen molar-refractivity contribution in [3.8, 4) is 0 Å². The highest BCUT2D eigenvalue weighted by Crippen LogP contribution is 2.28. The summed E-state index contributed by atoms with van der Waals surface area (Å²) in [5.74, 6) is -1.31. The van der Waals surface area contributed by atoms with Crippen LogP contribution in [-0.2, 0) is 7.05 Å². The minimum atomic E-state index is -0.874. The number of nitrogen functional groups attached to an aromatic ring is 1. The number of nitrogens with zero attached hydrogens (tertiary/aromatic N) is 4. The summed E-state index contributed by atoms with van der Waals surface area (Å²) in [7, 11) is 1.74. The van der Waals surface area contributed by atoms with Crippen LogP contribution in [-0.4, -0.2) is 19.7 Å². The monoisotopic (exact) mass is 257 g/mol. The summed E-state index contributed by atoms with van der Waals surface area (Å²) in [6, 6.07) is 0.702. The minimum Gasteiger partial charge on any atom is -0.381 e. The van der Waals surface area contributed by atoms with Crippen molar-refractivity contribution in [3.63, 3.8) is 0 Å². The maximum absolute atomic E-state index is 13.4. The van der Waals surface area contributed by atoms with Crippen LogP contribution < -0.4 is 5.73 Å². The lowest BCUT2D eigenvalue weighted by Crippen LogP contribution is -2.00. The lowest BCUT2D eigenvalue weighted by molar-refractivity contribution is 0.552. The Labute approximate surface area is 100 Å². The predicted octanol–water partition coefficient (Wildman–Crippen LogP) is 1.53. The number of aromatic nitrogens is 4. The largest absolute Gasteiger partial charge is 0.381 e. The van der Waals surface area contributed by atoms with E-state index in [1.54, 1.807) is 18.5 Å². The summed E-state index contributed by atoms with van der Waals surface area (Å²) in [6.45, 7) is 1.76. The normalized spacial score (nSPS) is 10.8. The summed E-state index contributed by atoms with van der Waals surface area (Å²) in [5, 5.41) is 8.09. The first-order valence-electron chi connectivity index (χ1n) is 4.64. The molecule has 0 aromatic carbocycles. The molecule has 0 fully saturated rings. The van der Waals surface area contributed by atoms with Gasteiger partial charge in [0.25, 0.3) is 0 Å². The number of anilines is 1. The molecule has 0 aliphatic heterocycles. The predicted molar refractivity (Wildman–Crippen MR) is 58.4 cm³/mol. The molecule has 2 N–H and O–H groups in total. The number of halogens is 2. The summed E-state index contributed by atoms with van der Waals surface area (Å²) >= 11 is 0.941. The van der Waals surface area contributed by atoms with Crippen molar-refractivity contribution in [3.05, 3.63) is 23.5 Å². The molecule has 0 aliphatic rings. The molecule has 0 amide bonds. The van der Waals surface area contributed by atoms with Gasteiger partial charge in [0.2, 0.25) is 0 Å². The van der Waals surface area contributed by atoms with Crippen molar-refractivity contribution < 1.29 is 8.78 Å². The highest BCUT2D eigenvalue weighted by Gasteiger charge is 2.14. The molecule has 90 valence electrons. The zero-order valence-electron chi connectivity index (χ0n) is 9.11. The van der Waals surface area contributed by atoms with E-state index in [1.165, 1.54) is 0 Å². The van der Waals surface area contributed by atoms with Gasteiger partial charge in [0.15, 0.2) is 22.6 Å². The summed E-state index contributed by atoms with van der Waals surface area (Å²) in [5.41, 5.74) is 5.28. The van der Waals surface area contributed by atoms with Crippen molar-refractivity contribution >= 4 is 17.6 Å². The first kappa shape index (κ1) is 11.8. The Kier molecular flexibility index (Phi) is 2.97. The van der Waals surface area contributed by atoms with Crippen LogP contribution in [0.2, 0.25) is 0 Å². The topological polar surface area (TPSA) is 69.6 Å². The third-order valence-corrected chi connectivity index (χ3v) is 3.18. The van der Waals surface area contributed by atoms with Gasteiger partial charge >= 0.3 is 0 Å². The highest BCUT2D eigenvalue weighted by molar-refractivity contribution is 7.99. The fraction of sp³-hybridized carbons (Fsp3) is 0.222. The Morgan fingerprint density at radius 1 is 1.29 bits per heavy atom. The average molecular weight is 257 g/mol. The van der Waals surface area contributed by atoms with E-state index in [4.69, 9.17) is 5.73 Å². The quantitative estimate of drug-likeness (QED) is 0.883. The number of pyridine rings is 1. The zero-order chi connectivity index (χ0) is 12.6. The van der Waals surface area contributed by atoms with Crippen LogP contribution in [0.5, 0.6) is 0 Å². The van der Waals surface area contributed by atoms with Gasteiger partial charge in [-0.15, -0.1) is 10.2 Å². The first-order valence-corrected chi connectivity index (χ1v) is 5.46. The van der Waals surface area contributed by atoms with E-state index in [-0.39, 0.29) is 10.8 Å². The van der Waals surface area contributed by atoms with E-state index in [9.17, 15) is 8.78 Å². The van der Waals surface area contributed by atoms with E-state index >= 15 is 0 Å². The molecule has 8 heteroatoms. The van der Waals surface area contributed by atoms with Crippen LogP contribution in [0.15, 0.2) is 16.2 Å². The van der Waals surface area contributed by atoms with E-state index in [1.807, 2.05) is 0 Å². The first-order chi connectivity index (χ1) is 7.99. The standard InChI is InChI=1S/C9H9F2N5S/c1-4-14-15-9(16(4)2)17-8-6(11)3-5(10)7(12)13-8/h3H,1-2H3,(H2,12,13). The molecular weight excluding hydrogens is 248 g/mol. The summed E-state index contributed by atoms with van der Waals surface area (Å²) in [6.07, 6.45) is 0. The lowest BCUT2D eigenvalue weighted by Gasteiger charge is -2.03. The Morgan fingerprint density at radius 3 is 2.59 bits per heavy atom. The van der Waals surface area contributed by atoms with Gasteiger partial charge in [-0.2, -0.15) is 0 Å². The van der Waals surface area contributed by atoms with Crippen LogP contribution in [0.4, 0.5) is 14.6 Å². The molecule has 2 aromatic heterocycles. The number of aryl methyl sites for hydroxylation is 1. The SMILES string of the molecule is Cc1nnc(Sc2nc(N)c(F)cc2F)n1C. The van der Waals surface area contributed by atoms with Crippen molar-refractivity contribution in [1.82, 2.24) is 19.7 Å². The molecule has 2 aromatic rings. The Balaban J connectivity index is 2.36. The Morgan fingerprint density at radius 2 is 2.00 bits per heavy atom. The molecule has 2 rings (SSSR count). The smallest absolute Gasteiger partial charge is 0.197 e. The number of rotatable bonds is 2.